The van der Waals surface area contributed by atoms with Gasteiger partial charge in [-0.15, -0.1) is 0 Å². The molecule has 0 atom stereocenters. The molecule has 1 heterocycles. The van der Waals surface area contributed by atoms with Crippen LogP contribution < -0.4 is 11.1 Å². The number of aromatic nitrogens is 2. The molecule has 0 saturated carbocycles. The highest BCUT2D eigenvalue weighted by Crippen LogP contribution is 2.15. The van der Waals surface area contributed by atoms with E-state index in [1.807, 2.05) is 38.2 Å². The molecule has 0 aliphatic rings. The van der Waals surface area contributed by atoms with Crippen molar-refractivity contribution in [2.24, 2.45) is 7.05 Å². The average molecular weight is 258 g/mol. The second-order valence-electron chi connectivity index (χ2n) is 4.51. The molecule has 5 heteroatoms. The van der Waals surface area contributed by atoms with Crippen molar-refractivity contribution < 1.29 is 4.79 Å². The number of nitrogen functional groups attached to an aromatic ring is 1. The van der Waals surface area contributed by atoms with Crippen molar-refractivity contribution in [1.82, 2.24) is 9.78 Å². The first-order chi connectivity index (χ1) is 9.08. The predicted octanol–water partition coefficient (Wildman–Crippen LogP) is 1.88. The molecule has 0 bridgehead atoms. The van der Waals surface area contributed by atoms with Gasteiger partial charge in [0.15, 0.2) is 0 Å². The first-order valence-corrected chi connectivity index (χ1v) is 6.19. The summed E-state index contributed by atoms with van der Waals surface area (Å²) in [6.07, 6.45) is 2.70. The number of nitrogens with two attached hydrogens (primary N) is 1. The molecule has 2 rings (SSSR count). The van der Waals surface area contributed by atoms with Gasteiger partial charge < -0.3 is 11.1 Å². The Morgan fingerprint density at radius 1 is 1.42 bits per heavy atom. The summed E-state index contributed by atoms with van der Waals surface area (Å²) in [5.74, 6) is -0.0284. The molecule has 0 radical (unpaired) electrons. The predicted molar refractivity (Wildman–Crippen MR) is 75.8 cm³/mol. The summed E-state index contributed by atoms with van der Waals surface area (Å²) in [5, 5.41) is 6.94. The summed E-state index contributed by atoms with van der Waals surface area (Å²) in [6, 6.07) is 7.60. The lowest BCUT2D eigenvalue weighted by molar-refractivity contribution is -0.116. The number of nitrogens with zero attached hydrogens (tertiary/aromatic N) is 2. The van der Waals surface area contributed by atoms with Gasteiger partial charge in [-0.25, -0.2) is 0 Å². The highest BCUT2D eigenvalue weighted by atomic mass is 16.1. The standard InChI is InChI=1S/C14H18N4O/c1-10-13(9-16-18(10)2)17-14(19)8-7-11-5-3-4-6-12(11)15/h3-6,9H,7-8,15H2,1-2H3,(H,17,19). The summed E-state index contributed by atoms with van der Waals surface area (Å²) in [6.45, 7) is 1.91. The lowest BCUT2D eigenvalue weighted by Gasteiger charge is -2.06. The van der Waals surface area contributed by atoms with Crippen LogP contribution in [0.2, 0.25) is 0 Å². The van der Waals surface area contributed by atoms with E-state index < -0.39 is 0 Å². The second kappa shape index (κ2) is 5.56. The number of nitrogens with one attached hydrogen (secondary N) is 1. The van der Waals surface area contributed by atoms with Gasteiger partial charge in [0.05, 0.1) is 17.6 Å². The summed E-state index contributed by atoms with van der Waals surface area (Å²) >= 11 is 0. The molecule has 100 valence electrons. The van der Waals surface area contributed by atoms with Crippen molar-refractivity contribution in [2.75, 3.05) is 11.1 Å². The first kappa shape index (κ1) is 13.1. The molecule has 0 fully saturated rings. The Kier molecular flexibility index (Phi) is 3.85. The SMILES string of the molecule is Cc1c(NC(=O)CCc2ccccc2N)cnn1C. The monoisotopic (exact) mass is 258 g/mol. The minimum Gasteiger partial charge on any atom is -0.399 e. The third-order valence-electron chi connectivity index (χ3n) is 3.19. The fourth-order valence-corrected chi connectivity index (χ4v) is 1.84. The van der Waals surface area contributed by atoms with Crippen LogP contribution in [0.4, 0.5) is 11.4 Å². The van der Waals surface area contributed by atoms with E-state index in [1.54, 1.807) is 10.9 Å². The van der Waals surface area contributed by atoms with Gasteiger partial charge in [0.2, 0.25) is 5.91 Å². The van der Waals surface area contributed by atoms with Crippen LogP contribution in [0, 0.1) is 6.92 Å². The van der Waals surface area contributed by atoms with E-state index in [0.717, 1.165) is 22.6 Å². The molecule has 5 nitrogen and oxygen atoms in total. The smallest absolute Gasteiger partial charge is 0.224 e. The molecule has 0 aliphatic carbocycles. The number of carbonyl (C=O) groups excluding carboxylic acids is 1. The molecule has 3 N–H and O–H groups in total. The van der Waals surface area contributed by atoms with Crippen LogP contribution in [0.25, 0.3) is 0 Å². The summed E-state index contributed by atoms with van der Waals surface area (Å²) in [5.41, 5.74) is 9.27. The fraction of sp³-hybridized carbons (Fsp3) is 0.286. The van der Waals surface area contributed by atoms with Gasteiger partial charge in [0.25, 0.3) is 0 Å². The van der Waals surface area contributed by atoms with Crippen molar-refractivity contribution in [3.63, 3.8) is 0 Å². The third kappa shape index (κ3) is 3.13. The van der Waals surface area contributed by atoms with Crippen LogP contribution in [-0.4, -0.2) is 15.7 Å². The van der Waals surface area contributed by atoms with E-state index in [2.05, 4.69) is 10.4 Å². The Morgan fingerprint density at radius 3 is 2.79 bits per heavy atom. The minimum atomic E-state index is -0.0284. The zero-order valence-corrected chi connectivity index (χ0v) is 11.2. The number of aryl methyl sites for hydroxylation is 2. The van der Waals surface area contributed by atoms with E-state index in [9.17, 15) is 4.79 Å². The number of hydrogen-bond donors (Lipinski definition) is 2. The molecule has 0 aliphatic heterocycles. The van der Waals surface area contributed by atoms with Crippen LogP contribution in [0.3, 0.4) is 0 Å². The molecule has 0 saturated heterocycles. The van der Waals surface area contributed by atoms with Gasteiger partial charge in [-0.2, -0.15) is 5.10 Å². The minimum absolute atomic E-state index is 0.0284. The maximum Gasteiger partial charge on any atom is 0.224 e. The van der Waals surface area contributed by atoms with Gasteiger partial charge >= 0.3 is 0 Å². The van der Waals surface area contributed by atoms with E-state index >= 15 is 0 Å². The molecule has 1 aromatic heterocycles. The molecule has 0 spiro atoms. The topological polar surface area (TPSA) is 72.9 Å². The Labute approximate surface area is 112 Å². The number of amides is 1. The summed E-state index contributed by atoms with van der Waals surface area (Å²) in [7, 11) is 1.84. The molecular formula is C14H18N4O. The Balaban J connectivity index is 1.92. The fourth-order valence-electron chi connectivity index (χ4n) is 1.84. The Morgan fingerprint density at radius 2 is 2.16 bits per heavy atom. The lowest BCUT2D eigenvalue weighted by Crippen LogP contribution is -2.13. The van der Waals surface area contributed by atoms with Gasteiger partial charge in [-0.05, 0) is 25.0 Å². The normalized spacial score (nSPS) is 10.4. The average Bonchev–Trinajstić information content (AvgIpc) is 2.70. The number of carbonyl (C=O) groups is 1. The highest BCUT2D eigenvalue weighted by Gasteiger charge is 2.08. The largest absolute Gasteiger partial charge is 0.399 e. The zero-order chi connectivity index (χ0) is 13.8. The maximum atomic E-state index is 11.9. The van der Waals surface area contributed by atoms with Gasteiger partial charge in [-0.3, -0.25) is 9.48 Å². The number of benzene rings is 1. The number of hydrogen-bond acceptors (Lipinski definition) is 3. The molecule has 2 aromatic rings. The van der Waals surface area contributed by atoms with Crippen molar-refractivity contribution in [2.45, 2.75) is 19.8 Å². The molecule has 1 aromatic carbocycles. The van der Waals surface area contributed by atoms with Gasteiger partial charge in [0, 0.05) is 19.2 Å². The molecule has 0 unspecified atom stereocenters. The quantitative estimate of drug-likeness (QED) is 0.822. The number of rotatable bonds is 4. The van der Waals surface area contributed by atoms with E-state index in [1.165, 1.54) is 0 Å². The van der Waals surface area contributed by atoms with E-state index in [-0.39, 0.29) is 5.91 Å². The second-order valence-corrected chi connectivity index (χ2v) is 4.51. The van der Waals surface area contributed by atoms with Crippen molar-refractivity contribution in [1.29, 1.82) is 0 Å². The lowest BCUT2D eigenvalue weighted by atomic mass is 10.1. The molecule has 1 amide bonds. The summed E-state index contributed by atoms with van der Waals surface area (Å²) in [4.78, 5) is 11.9. The Hall–Kier alpha value is -2.30. The zero-order valence-electron chi connectivity index (χ0n) is 11.2. The first-order valence-electron chi connectivity index (χ1n) is 6.19. The van der Waals surface area contributed by atoms with Gasteiger partial charge in [0.1, 0.15) is 0 Å². The van der Waals surface area contributed by atoms with E-state index in [4.69, 9.17) is 5.73 Å². The maximum absolute atomic E-state index is 11.9. The van der Waals surface area contributed by atoms with Crippen molar-refractivity contribution >= 4 is 17.3 Å². The van der Waals surface area contributed by atoms with Crippen LogP contribution >= 0.6 is 0 Å². The van der Waals surface area contributed by atoms with Crippen molar-refractivity contribution in [3.05, 3.63) is 41.7 Å². The third-order valence-corrected chi connectivity index (χ3v) is 3.19. The van der Waals surface area contributed by atoms with Crippen LogP contribution in [0.15, 0.2) is 30.5 Å². The Bertz CT molecular complexity index is 589. The molecule has 19 heavy (non-hydrogen) atoms. The van der Waals surface area contributed by atoms with Crippen LogP contribution in [0.5, 0.6) is 0 Å². The number of para-hydroxylation sites is 1. The van der Waals surface area contributed by atoms with E-state index in [0.29, 0.717) is 12.8 Å². The highest BCUT2D eigenvalue weighted by molar-refractivity contribution is 5.91. The van der Waals surface area contributed by atoms with Crippen LogP contribution in [0.1, 0.15) is 17.7 Å². The van der Waals surface area contributed by atoms with Crippen LogP contribution in [-0.2, 0) is 18.3 Å². The summed E-state index contributed by atoms with van der Waals surface area (Å²) < 4.78 is 1.73. The molecular weight excluding hydrogens is 240 g/mol. The van der Waals surface area contributed by atoms with Gasteiger partial charge in [-0.1, -0.05) is 18.2 Å². The van der Waals surface area contributed by atoms with Crippen molar-refractivity contribution in [3.8, 4) is 0 Å². The number of anilines is 2.